The standard InChI is InChI=1S/C15H13FN2O2S/c1-11-6-14(16)8-15(7-11)18-21(19,20)10-13-5-3-2-4-12(13)9-17/h2-8,18H,10H2,1H3. The van der Waals surface area contributed by atoms with E-state index in [0.29, 0.717) is 16.7 Å². The minimum Gasteiger partial charge on any atom is -0.283 e. The molecule has 6 heteroatoms. The molecule has 0 saturated heterocycles. The summed E-state index contributed by atoms with van der Waals surface area (Å²) in [5.41, 5.74) is 1.49. The molecular weight excluding hydrogens is 291 g/mol. The zero-order chi connectivity index (χ0) is 15.5. The average Bonchev–Trinajstić information content (AvgIpc) is 2.36. The van der Waals surface area contributed by atoms with E-state index in [4.69, 9.17) is 5.26 Å². The number of aryl methyl sites for hydroxylation is 1. The van der Waals surface area contributed by atoms with E-state index < -0.39 is 15.8 Å². The van der Waals surface area contributed by atoms with Crippen LogP contribution in [-0.2, 0) is 15.8 Å². The fourth-order valence-corrected chi connectivity index (χ4v) is 3.18. The topological polar surface area (TPSA) is 70.0 Å². The Labute approximate surface area is 122 Å². The van der Waals surface area contributed by atoms with Crippen molar-refractivity contribution >= 4 is 15.7 Å². The highest BCUT2D eigenvalue weighted by Gasteiger charge is 2.15. The van der Waals surface area contributed by atoms with Crippen LogP contribution in [0.15, 0.2) is 42.5 Å². The van der Waals surface area contributed by atoms with Crippen LogP contribution in [0.2, 0.25) is 0 Å². The largest absolute Gasteiger partial charge is 0.283 e. The Morgan fingerprint density at radius 1 is 1.24 bits per heavy atom. The number of nitrogens with zero attached hydrogens (tertiary/aromatic N) is 1. The molecule has 0 atom stereocenters. The lowest BCUT2D eigenvalue weighted by Gasteiger charge is -2.10. The molecule has 2 rings (SSSR count). The Bertz CT molecular complexity index is 790. The molecule has 0 aliphatic carbocycles. The van der Waals surface area contributed by atoms with E-state index in [1.807, 2.05) is 6.07 Å². The maximum Gasteiger partial charge on any atom is 0.236 e. The molecule has 0 unspecified atom stereocenters. The van der Waals surface area contributed by atoms with Crippen LogP contribution in [0.4, 0.5) is 10.1 Å². The van der Waals surface area contributed by atoms with Gasteiger partial charge in [0.15, 0.2) is 0 Å². The van der Waals surface area contributed by atoms with E-state index in [1.54, 1.807) is 31.2 Å². The molecule has 0 spiro atoms. The van der Waals surface area contributed by atoms with Crippen LogP contribution >= 0.6 is 0 Å². The molecule has 21 heavy (non-hydrogen) atoms. The number of anilines is 1. The molecule has 0 aliphatic rings. The molecular formula is C15H13FN2O2S. The van der Waals surface area contributed by atoms with Gasteiger partial charge in [0.2, 0.25) is 10.0 Å². The first kappa shape index (κ1) is 15.0. The van der Waals surface area contributed by atoms with Gasteiger partial charge in [0.25, 0.3) is 0 Å². The quantitative estimate of drug-likeness (QED) is 0.944. The van der Waals surface area contributed by atoms with E-state index in [1.165, 1.54) is 12.1 Å². The minimum atomic E-state index is -3.72. The number of hydrogen-bond acceptors (Lipinski definition) is 3. The summed E-state index contributed by atoms with van der Waals surface area (Å²) in [6.07, 6.45) is 0. The molecule has 0 amide bonds. The van der Waals surface area contributed by atoms with Gasteiger partial charge in [0, 0.05) is 0 Å². The normalized spacial score (nSPS) is 10.9. The summed E-state index contributed by atoms with van der Waals surface area (Å²) in [7, 11) is -3.72. The van der Waals surface area contributed by atoms with Crippen LogP contribution in [0.5, 0.6) is 0 Å². The fourth-order valence-electron chi connectivity index (χ4n) is 1.97. The predicted octanol–water partition coefficient (Wildman–Crippen LogP) is 2.95. The first-order valence-electron chi connectivity index (χ1n) is 6.15. The van der Waals surface area contributed by atoms with Crippen LogP contribution in [0.3, 0.4) is 0 Å². The van der Waals surface area contributed by atoms with Gasteiger partial charge in [-0.25, -0.2) is 12.8 Å². The molecule has 0 aromatic heterocycles. The molecule has 0 radical (unpaired) electrons. The smallest absolute Gasteiger partial charge is 0.236 e. The van der Waals surface area contributed by atoms with Crippen molar-refractivity contribution in [2.45, 2.75) is 12.7 Å². The van der Waals surface area contributed by atoms with Crippen LogP contribution in [0, 0.1) is 24.1 Å². The van der Waals surface area contributed by atoms with Crippen molar-refractivity contribution in [3.63, 3.8) is 0 Å². The molecule has 1 N–H and O–H groups in total. The van der Waals surface area contributed by atoms with Crippen LogP contribution in [0.1, 0.15) is 16.7 Å². The lowest BCUT2D eigenvalue weighted by atomic mass is 10.1. The van der Waals surface area contributed by atoms with Gasteiger partial charge in [-0.1, -0.05) is 18.2 Å². The van der Waals surface area contributed by atoms with Gasteiger partial charge < -0.3 is 0 Å². The van der Waals surface area contributed by atoms with E-state index in [-0.39, 0.29) is 11.4 Å². The van der Waals surface area contributed by atoms with Crippen LogP contribution in [-0.4, -0.2) is 8.42 Å². The number of hydrogen-bond donors (Lipinski definition) is 1. The van der Waals surface area contributed by atoms with Gasteiger partial charge >= 0.3 is 0 Å². The summed E-state index contributed by atoms with van der Waals surface area (Å²) in [5.74, 6) is -0.850. The highest BCUT2D eigenvalue weighted by Crippen LogP contribution is 2.17. The van der Waals surface area contributed by atoms with Gasteiger partial charge in [-0.2, -0.15) is 5.26 Å². The SMILES string of the molecule is Cc1cc(F)cc(NS(=O)(=O)Cc2ccccc2C#N)c1. The predicted molar refractivity (Wildman–Crippen MR) is 78.5 cm³/mol. The van der Waals surface area contributed by atoms with E-state index >= 15 is 0 Å². The third-order valence-electron chi connectivity index (χ3n) is 2.80. The first-order chi connectivity index (χ1) is 9.89. The zero-order valence-corrected chi connectivity index (χ0v) is 12.1. The van der Waals surface area contributed by atoms with Crippen molar-refractivity contribution in [3.05, 3.63) is 65.0 Å². The minimum absolute atomic E-state index is 0.168. The van der Waals surface area contributed by atoms with Crippen LogP contribution < -0.4 is 4.72 Å². The number of nitrogens with one attached hydrogen (secondary N) is 1. The van der Waals surface area contributed by atoms with Crippen molar-refractivity contribution < 1.29 is 12.8 Å². The van der Waals surface area contributed by atoms with Crippen molar-refractivity contribution in [3.8, 4) is 6.07 Å². The lowest BCUT2D eigenvalue weighted by molar-refractivity contribution is 0.600. The summed E-state index contributed by atoms with van der Waals surface area (Å²) in [6.45, 7) is 1.67. The van der Waals surface area contributed by atoms with Gasteiger partial charge in [0.1, 0.15) is 5.82 Å². The van der Waals surface area contributed by atoms with Gasteiger partial charge in [0.05, 0.1) is 23.1 Å². The molecule has 2 aromatic carbocycles. The number of halogens is 1. The van der Waals surface area contributed by atoms with Gasteiger partial charge in [-0.3, -0.25) is 4.72 Å². The molecule has 108 valence electrons. The number of rotatable bonds is 4. The second-order valence-corrected chi connectivity index (χ2v) is 6.37. The van der Waals surface area contributed by atoms with E-state index in [0.717, 1.165) is 6.07 Å². The maximum atomic E-state index is 13.3. The zero-order valence-electron chi connectivity index (χ0n) is 11.3. The fraction of sp³-hybridized carbons (Fsp3) is 0.133. The first-order valence-corrected chi connectivity index (χ1v) is 7.80. The highest BCUT2D eigenvalue weighted by molar-refractivity contribution is 7.91. The third kappa shape index (κ3) is 4.04. The van der Waals surface area contributed by atoms with E-state index in [2.05, 4.69) is 4.72 Å². The van der Waals surface area contributed by atoms with E-state index in [9.17, 15) is 12.8 Å². The Balaban J connectivity index is 2.25. The van der Waals surface area contributed by atoms with Crippen molar-refractivity contribution in [1.29, 1.82) is 5.26 Å². The Kier molecular flexibility index (Phi) is 4.24. The number of sulfonamides is 1. The second-order valence-electron chi connectivity index (χ2n) is 4.65. The third-order valence-corrected chi connectivity index (χ3v) is 4.04. The van der Waals surface area contributed by atoms with Crippen LogP contribution in [0.25, 0.3) is 0 Å². The lowest BCUT2D eigenvalue weighted by Crippen LogP contribution is -2.16. The maximum absolute atomic E-state index is 13.3. The monoisotopic (exact) mass is 304 g/mol. The number of benzene rings is 2. The molecule has 0 aliphatic heterocycles. The average molecular weight is 304 g/mol. The molecule has 0 bridgehead atoms. The summed E-state index contributed by atoms with van der Waals surface area (Å²) in [6, 6.07) is 12.4. The Morgan fingerprint density at radius 3 is 2.62 bits per heavy atom. The van der Waals surface area contributed by atoms with Crippen molar-refractivity contribution in [2.24, 2.45) is 0 Å². The number of nitriles is 1. The Morgan fingerprint density at radius 2 is 1.95 bits per heavy atom. The van der Waals surface area contributed by atoms with Crippen molar-refractivity contribution in [2.75, 3.05) is 4.72 Å². The molecule has 0 fully saturated rings. The molecule has 4 nitrogen and oxygen atoms in total. The summed E-state index contributed by atoms with van der Waals surface area (Å²) < 4.78 is 39.8. The molecule has 0 heterocycles. The van der Waals surface area contributed by atoms with Crippen molar-refractivity contribution in [1.82, 2.24) is 0 Å². The summed E-state index contributed by atoms with van der Waals surface area (Å²) >= 11 is 0. The highest BCUT2D eigenvalue weighted by atomic mass is 32.2. The summed E-state index contributed by atoms with van der Waals surface area (Å²) in [4.78, 5) is 0. The molecule has 2 aromatic rings. The molecule has 0 saturated carbocycles. The Hall–Kier alpha value is -2.39. The second kappa shape index (κ2) is 5.94. The van der Waals surface area contributed by atoms with Gasteiger partial charge in [-0.05, 0) is 42.3 Å². The summed E-state index contributed by atoms with van der Waals surface area (Å²) in [5, 5.41) is 8.96. The van der Waals surface area contributed by atoms with Gasteiger partial charge in [-0.15, -0.1) is 0 Å².